The summed E-state index contributed by atoms with van der Waals surface area (Å²) in [6.07, 6.45) is 1.83. The largest absolute Gasteiger partial charge is 0.445 e. The highest BCUT2D eigenvalue weighted by molar-refractivity contribution is 5.70. The lowest BCUT2D eigenvalue weighted by atomic mass is 9.96. The molecule has 2 atom stereocenters. The van der Waals surface area contributed by atoms with E-state index in [1.54, 1.807) is 0 Å². The van der Waals surface area contributed by atoms with E-state index >= 15 is 0 Å². The second kappa shape index (κ2) is 7.47. The SMILES string of the molecule is O=C(OCc1ccccc1)N1CCC2CC1c1cc(N3CCOCC3)ccc12. The van der Waals surface area contributed by atoms with Gasteiger partial charge in [0.25, 0.3) is 0 Å². The number of amides is 1. The number of hydrogen-bond acceptors (Lipinski definition) is 4. The summed E-state index contributed by atoms with van der Waals surface area (Å²) in [6.45, 7) is 4.51. The zero-order chi connectivity index (χ0) is 18.9. The van der Waals surface area contributed by atoms with E-state index in [2.05, 4.69) is 23.1 Å². The maximum atomic E-state index is 12.8. The molecule has 2 bridgehead atoms. The Morgan fingerprint density at radius 1 is 1.04 bits per heavy atom. The molecular formula is C23H26N2O3. The Kier molecular flexibility index (Phi) is 4.69. The van der Waals surface area contributed by atoms with Crippen molar-refractivity contribution in [2.24, 2.45) is 0 Å². The molecule has 2 saturated heterocycles. The minimum absolute atomic E-state index is 0.137. The fourth-order valence-corrected chi connectivity index (χ4v) is 4.80. The van der Waals surface area contributed by atoms with Crippen LogP contribution in [0.5, 0.6) is 0 Å². The first-order valence-electron chi connectivity index (χ1n) is 10.2. The summed E-state index contributed by atoms with van der Waals surface area (Å²) in [7, 11) is 0. The number of hydrogen-bond donors (Lipinski definition) is 0. The van der Waals surface area contributed by atoms with Gasteiger partial charge in [0.15, 0.2) is 0 Å². The molecule has 0 aromatic heterocycles. The van der Waals surface area contributed by atoms with E-state index in [1.807, 2.05) is 35.2 Å². The predicted octanol–water partition coefficient (Wildman–Crippen LogP) is 4.09. The number of carbonyl (C=O) groups is 1. The average molecular weight is 378 g/mol. The zero-order valence-corrected chi connectivity index (χ0v) is 16.0. The second-order valence-corrected chi connectivity index (χ2v) is 7.88. The Bertz CT molecular complexity index is 848. The molecule has 2 aliphatic heterocycles. The summed E-state index contributed by atoms with van der Waals surface area (Å²) in [4.78, 5) is 17.2. The molecule has 5 rings (SSSR count). The first kappa shape index (κ1) is 17.6. The molecule has 3 aliphatic rings. The van der Waals surface area contributed by atoms with E-state index in [9.17, 15) is 4.79 Å². The number of nitrogens with zero attached hydrogens (tertiary/aromatic N) is 2. The van der Waals surface area contributed by atoms with Crippen molar-refractivity contribution in [3.8, 4) is 0 Å². The second-order valence-electron chi connectivity index (χ2n) is 7.88. The maximum absolute atomic E-state index is 12.8. The van der Waals surface area contributed by atoms with Gasteiger partial charge in [0.05, 0.1) is 19.3 Å². The highest BCUT2D eigenvalue weighted by Gasteiger charge is 2.41. The Morgan fingerprint density at radius 2 is 1.86 bits per heavy atom. The first-order valence-corrected chi connectivity index (χ1v) is 10.2. The van der Waals surface area contributed by atoms with Crippen molar-refractivity contribution < 1.29 is 14.3 Å². The Balaban J connectivity index is 1.33. The lowest BCUT2D eigenvalue weighted by Gasteiger charge is -2.33. The molecule has 0 N–H and O–H groups in total. The smallest absolute Gasteiger partial charge is 0.410 e. The lowest BCUT2D eigenvalue weighted by molar-refractivity contribution is 0.0694. The van der Waals surface area contributed by atoms with Crippen LogP contribution in [0.4, 0.5) is 10.5 Å². The number of rotatable bonds is 3. The summed E-state index contributed by atoms with van der Waals surface area (Å²) in [5.41, 5.74) is 4.99. The summed E-state index contributed by atoms with van der Waals surface area (Å²) in [5.74, 6) is 0.567. The quantitative estimate of drug-likeness (QED) is 0.807. The molecule has 2 aromatic rings. The van der Waals surface area contributed by atoms with Crippen LogP contribution in [0.2, 0.25) is 0 Å². The average Bonchev–Trinajstić information content (AvgIpc) is 3.05. The highest BCUT2D eigenvalue weighted by Crippen LogP contribution is 2.50. The van der Waals surface area contributed by atoms with E-state index in [0.717, 1.165) is 51.3 Å². The molecule has 2 aromatic carbocycles. The van der Waals surface area contributed by atoms with Crippen molar-refractivity contribution in [1.82, 2.24) is 4.90 Å². The van der Waals surface area contributed by atoms with E-state index < -0.39 is 0 Å². The lowest BCUT2D eigenvalue weighted by Crippen LogP contribution is -2.38. The molecule has 0 saturated carbocycles. The molecule has 5 heteroatoms. The van der Waals surface area contributed by atoms with Gasteiger partial charge in [0.1, 0.15) is 6.61 Å². The molecule has 1 aliphatic carbocycles. The monoisotopic (exact) mass is 378 g/mol. The van der Waals surface area contributed by atoms with Crippen molar-refractivity contribution in [2.75, 3.05) is 37.7 Å². The van der Waals surface area contributed by atoms with Gasteiger partial charge in [-0.1, -0.05) is 36.4 Å². The molecule has 1 amide bonds. The molecular weight excluding hydrogens is 352 g/mol. The standard InChI is InChI=1S/C23H26N2O3/c26-23(28-16-17-4-2-1-3-5-17)25-9-8-18-14-22(25)21-15-19(6-7-20(18)21)24-10-12-27-13-11-24/h1-7,15,18,22H,8-14,16H2. The van der Waals surface area contributed by atoms with E-state index in [1.165, 1.54) is 16.8 Å². The zero-order valence-electron chi connectivity index (χ0n) is 16.0. The molecule has 2 fully saturated rings. The summed E-state index contributed by atoms with van der Waals surface area (Å²) >= 11 is 0. The van der Waals surface area contributed by atoms with Crippen LogP contribution in [-0.2, 0) is 16.1 Å². The van der Waals surface area contributed by atoms with Crippen LogP contribution in [0.15, 0.2) is 48.5 Å². The van der Waals surface area contributed by atoms with Gasteiger partial charge in [-0.3, -0.25) is 0 Å². The number of anilines is 1. The van der Waals surface area contributed by atoms with Crippen molar-refractivity contribution in [1.29, 1.82) is 0 Å². The highest BCUT2D eigenvalue weighted by atomic mass is 16.6. The topological polar surface area (TPSA) is 42.0 Å². The van der Waals surface area contributed by atoms with Gasteiger partial charge in [-0.05, 0) is 47.6 Å². The molecule has 5 nitrogen and oxygen atoms in total. The minimum atomic E-state index is -0.197. The number of benzene rings is 2. The number of fused-ring (bicyclic) bond motifs is 5. The molecule has 146 valence electrons. The number of likely N-dealkylation sites (tertiary alicyclic amines) is 1. The maximum Gasteiger partial charge on any atom is 0.410 e. The van der Waals surface area contributed by atoms with Crippen LogP contribution in [0.3, 0.4) is 0 Å². The van der Waals surface area contributed by atoms with Gasteiger partial charge in [-0.2, -0.15) is 0 Å². The fourth-order valence-electron chi connectivity index (χ4n) is 4.80. The van der Waals surface area contributed by atoms with Crippen molar-refractivity contribution in [2.45, 2.75) is 31.4 Å². The van der Waals surface area contributed by atoms with E-state index in [4.69, 9.17) is 9.47 Å². The third-order valence-corrected chi connectivity index (χ3v) is 6.29. The van der Waals surface area contributed by atoms with Gasteiger partial charge < -0.3 is 19.3 Å². The van der Waals surface area contributed by atoms with Crippen LogP contribution in [-0.4, -0.2) is 43.8 Å². The van der Waals surface area contributed by atoms with Crippen molar-refractivity contribution >= 4 is 11.8 Å². The number of piperidine rings is 1. The van der Waals surface area contributed by atoms with Gasteiger partial charge in [0.2, 0.25) is 0 Å². The van der Waals surface area contributed by atoms with E-state index in [0.29, 0.717) is 12.5 Å². The third-order valence-electron chi connectivity index (χ3n) is 6.29. The Labute approximate surface area is 165 Å². The predicted molar refractivity (Wildman–Crippen MR) is 108 cm³/mol. The van der Waals surface area contributed by atoms with Crippen LogP contribution in [0, 0.1) is 0 Å². The van der Waals surface area contributed by atoms with Gasteiger partial charge in [0, 0.05) is 25.3 Å². The van der Waals surface area contributed by atoms with Gasteiger partial charge in [-0.15, -0.1) is 0 Å². The van der Waals surface area contributed by atoms with Gasteiger partial charge >= 0.3 is 6.09 Å². The van der Waals surface area contributed by atoms with Crippen molar-refractivity contribution in [3.05, 3.63) is 65.2 Å². The molecule has 0 spiro atoms. The Morgan fingerprint density at radius 3 is 2.68 bits per heavy atom. The minimum Gasteiger partial charge on any atom is -0.445 e. The normalized spacial score (nSPS) is 23.4. The summed E-state index contributed by atoms with van der Waals surface area (Å²) < 4.78 is 11.1. The van der Waals surface area contributed by atoms with E-state index in [-0.39, 0.29) is 12.1 Å². The molecule has 0 radical (unpaired) electrons. The number of carbonyl (C=O) groups excluding carboxylic acids is 1. The van der Waals surface area contributed by atoms with Crippen LogP contribution < -0.4 is 4.90 Å². The van der Waals surface area contributed by atoms with Crippen molar-refractivity contribution in [3.63, 3.8) is 0 Å². The summed E-state index contributed by atoms with van der Waals surface area (Å²) in [5, 5.41) is 0. The number of ether oxygens (including phenoxy) is 2. The van der Waals surface area contributed by atoms with Crippen LogP contribution in [0.25, 0.3) is 0 Å². The first-order chi connectivity index (χ1) is 13.8. The third kappa shape index (κ3) is 3.24. The van der Waals surface area contributed by atoms with Crippen LogP contribution in [0.1, 0.15) is 41.5 Å². The van der Waals surface area contributed by atoms with Crippen LogP contribution >= 0.6 is 0 Å². The molecule has 2 unspecified atom stereocenters. The van der Waals surface area contributed by atoms with Gasteiger partial charge in [-0.25, -0.2) is 4.79 Å². The molecule has 2 heterocycles. The number of morpholine rings is 1. The Hall–Kier alpha value is -2.53. The molecule has 28 heavy (non-hydrogen) atoms. The fraction of sp³-hybridized carbons (Fsp3) is 0.435. The summed E-state index contributed by atoms with van der Waals surface area (Å²) in [6, 6.07) is 16.8.